The van der Waals surface area contributed by atoms with Crippen LogP contribution in [0.1, 0.15) is 199 Å². The van der Waals surface area contributed by atoms with E-state index < -0.39 is 0 Å². The number of aliphatic hydroxyl groups is 1. The Hall–Kier alpha value is -12.7. The minimum atomic E-state index is -0.123. The SMILES string of the molecule is CC(C)(C)c1ccc(CCC(=O)Nc2ccc3c(c2)OC[C@@H](CN)O3)cc1.CCN1CC(COC)Oc2ccc(NC(=O)CCc3ccc(C(C)(C)C)cc3)cc21.COCC1CN(CCO)c2cc(NC(=O)CCc3ccc(C(C)(C)C)cc3)ccc2O1.COCC1CNc2cc(NC(=O)CCc3ccc(C(C)(C)C)cc3)ccc2O1.COC[C@@H]1COc2cc(NC(=O)CCc3ccc(C(C)(C)C)cc3)ccc2O1. The van der Waals surface area contributed by atoms with Gasteiger partial charge in [0.1, 0.15) is 54.9 Å². The molecule has 15 rings (SSSR count). The van der Waals surface area contributed by atoms with Crippen LogP contribution in [0.5, 0.6) is 40.2 Å². The van der Waals surface area contributed by atoms with Crippen molar-refractivity contribution in [3.8, 4) is 40.2 Å². The van der Waals surface area contributed by atoms with E-state index in [1.807, 2.05) is 72.8 Å². The first-order valence-corrected chi connectivity index (χ1v) is 50.4. The molecule has 0 aliphatic carbocycles. The van der Waals surface area contributed by atoms with Crippen molar-refractivity contribution in [2.45, 2.75) is 233 Å². The van der Waals surface area contributed by atoms with Crippen molar-refractivity contribution in [2.75, 3.05) is 156 Å². The number of amides is 5. The van der Waals surface area contributed by atoms with E-state index >= 15 is 0 Å². The van der Waals surface area contributed by atoms with E-state index in [0.717, 1.165) is 94.0 Å². The number of anilines is 8. The van der Waals surface area contributed by atoms with Gasteiger partial charge in [-0.2, -0.15) is 0 Å². The van der Waals surface area contributed by atoms with Crippen LogP contribution in [0.4, 0.5) is 45.5 Å². The first-order valence-electron chi connectivity index (χ1n) is 50.4. The number of likely N-dealkylation sites (N-methyl/N-ethyl adjacent to an activating group) is 1. The topological polar surface area (TPSA) is 312 Å². The monoisotopic (exact) mass is 1970 g/mol. The minimum Gasteiger partial charge on any atom is -0.486 e. The second-order valence-electron chi connectivity index (χ2n) is 42.3. The van der Waals surface area contributed by atoms with E-state index in [1.54, 1.807) is 46.6 Å². The number of carbonyl (C=O) groups is 5. The van der Waals surface area contributed by atoms with Crippen molar-refractivity contribution >= 4 is 75.0 Å². The van der Waals surface area contributed by atoms with Gasteiger partial charge in [0.15, 0.2) is 29.1 Å². The highest BCUT2D eigenvalue weighted by molar-refractivity contribution is 5.95. The van der Waals surface area contributed by atoms with Crippen LogP contribution in [-0.4, -0.2) is 179 Å². The number of benzene rings is 10. The Labute approximate surface area is 853 Å². The second kappa shape index (κ2) is 52.7. The molecule has 0 saturated carbocycles. The van der Waals surface area contributed by atoms with Crippen molar-refractivity contribution in [3.63, 3.8) is 0 Å². The van der Waals surface area contributed by atoms with Crippen molar-refractivity contribution < 1.29 is 81.2 Å². The van der Waals surface area contributed by atoms with E-state index in [9.17, 15) is 29.1 Å². The van der Waals surface area contributed by atoms with Crippen LogP contribution in [0, 0.1) is 0 Å². The fourth-order valence-corrected chi connectivity index (χ4v) is 16.8. The van der Waals surface area contributed by atoms with Gasteiger partial charge in [0, 0.05) is 121 Å². The minimum absolute atomic E-state index is 0.00242. The highest BCUT2D eigenvalue weighted by Gasteiger charge is 2.31. The zero-order valence-corrected chi connectivity index (χ0v) is 88.3. The summed E-state index contributed by atoms with van der Waals surface area (Å²) in [7, 11) is 6.63. The maximum Gasteiger partial charge on any atom is 0.224 e. The second-order valence-corrected chi connectivity index (χ2v) is 42.3. The van der Waals surface area contributed by atoms with Gasteiger partial charge in [-0.25, -0.2) is 0 Å². The summed E-state index contributed by atoms with van der Waals surface area (Å²) in [4.78, 5) is 66.3. The number of aryl methyl sites for hydroxylation is 5. The summed E-state index contributed by atoms with van der Waals surface area (Å²) in [5, 5.41) is 27.6. The lowest BCUT2D eigenvalue weighted by molar-refractivity contribution is -0.117. The summed E-state index contributed by atoms with van der Waals surface area (Å²) in [6.07, 6.45) is 5.44. The number of carbonyl (C=O) groups excluding carboxylic acids is 5. The van der Waals surface area contributed by atoms with E-state index in [-0.39, 0.29) is 93.7 Å². The third-order valence-corrected chi connectivity index (χ3v) is 25.3. The Morgan fingerprint density at radius 2 is 0.611 bits per heavy atom. The van der Waals surface area contributed by atoms with E-state index in [4.69, 9.17) is 57.8 Å². The summed E-state index contributed by atoms with van der Waals surface area (Å²) >= 11 is 0. The Morgan fingerprint density at radius 1 is 0.340 bits per heavy atom. The molecule has 5 atom stereocenters. The van der Waals surface area contributed by atoms with Crippen molar-refractivity contribution in [1.29, 1.82) is 0 Å². The van der Waals surface area contributed by atoms with Gasteiger partial charge in [0.05, 0.1) is 69.7 Å². The number of fused-ring (bicyclic) bond motifs is 5. The lowest BCUT2D eigenvalue weighted by Gasteiger charge is -2.36. The number of β-amino-alcohol motifs (C(OH)–C–C–N with tert-alkyl or cyclic N) is 1. The molecule has 5 heterocycles. The van der Waals surface area contributed by atoms with Crippen molar-refractivity contribution in [2.24, 2.45) is 5.73 Å². The molecule has 0 saturated heterocycles. The summed E-state index contributed by atoms with van der Waals surface area (Å²) in [6.45, 7) is 41.9. The third-order valence-electron chi connectivity index (χ3n) is 25.3. The molecule has 10 aromatic carbocycles. The molecule has 26 nitrogen and oxygen atoms in total. The van der Waals surface area contributed by atoms with Crippen LogP contribution in [0.25, 0.3) is 0 Å². The van der Waals surface area contributed by atoms with E-state index in [1.165, 1.54) is 38.9 Å². The number of nitrogens with zero attached hydrogens (tertiary/aromatic N) is 2. The van der Waals surface area contributed by atoms with Gasteiger partial charge in [-0.1, -0.05) is 225 Å². The summed E-state index contributed by atoms with van der Waals surface area (Å²) < 4.78 is 61.5. The maximum atomic E-state index is 12.5. The van der Waals surface area contributed by atoms with Crippen molar-refractivity contribution in [1.82, 2.24) is 0 Å². The molecule has 5 aliphatic heterocycles. The molecule has 0 bridgehead atoms. The lowest BCUT2D eigenvalue weighted by Crippen LogP contribution is -2.43. The molecular formula is C118H155N9O17. The lowest BCUT2D eigenvalue weighted by atomic mass is 9.86. The molecule has 9 N–H and O–H groups in total. The van der Waals surface area contributed by atoms with Gasteiger partial charge in [0.25, 0.3) is 0 Å². The van der Waals surface area contributed by atoms with Gasteiger partial charge in [-0.05, 0) is 201 Å². The zero-order chi connectivity index (χ0) is 104. The molecule has 0 radical (unpaired) electrons. The number of nitrogens with two attached hydrogens (primary N) is 1. The van der Waals surface area contributed by atoms with Gasteiger partial charge in [0.2, 0.25) is 29.5 Å². The van der Waals surface area contributed by atoms with E-state index in [2.05, 4.69) is 274 Å². The highest BCUT2D eigenvalue weighted by Crippen LogP contribution is 2.41. The highest BCUT2D eigenvalue weighted by atomic mass is 16.6. The quantitative estimate of drug-likeness (QED) is 0.0194. The number of nitrogens with one attached hydrogen (secondary N) is 6. The first-order chi connectivity index (χ1) is 68.6. The molecule has 5 amide bonds. The third kappa shape index (κ3) is 34.8. The normalized spacial score (nSPS) is 16.0. The molecule has 10 aromatic rings. The zero-order valence-electron chi connectivity index (χ0n) is 88.3. The number of methoxy groups -OCH3 is 4. The van der Waals surface area contributed by atoms with Gasteiger partial charge < -0.3 is 105 Å². The van der Waals surface area contributed by atoms with Crippen LogP contribution < -0.4 is 80.6 Å². The maximum absolute atomic E-state index is 12.5. The molecule has 144 heavy (non-hydrogen) atoms. The Kier molecular flexibility index (Phi) is 40.9. The standard InChI is InChI=1S/C25H34N2O4.C25H34N2O3.C23H30N2O3.C23H29NO4.C22H28N2O3/c1-25(2,3)19-8-5-18(6-9-19)7-12-24(29)26-20-10-11-23-22(15-20)27(13-14-28)16-21(31-23)17-30-4;1-6-27-16-21(17-29-5)30-23-13-12-20(15-22(23)27)26-24(28)14-9-18-7-10-19(11-8-18)25(2,3)4;1-23(2,3)17-8-5-16(6-9-17)7-12-22(26)25-18-10-11-21-20(13-18)24-14-19(28-21)15-27-4;1-23(2,3)17-8-5-16(6-9-17)7-12-22(25)24-18-10-11-20-21(13-18)27-15-19(28-20)14-26-4;1-22(2,3)16-7-4-15(5-8-16)6-11-21(25)24-17-9-10-19-20(12-17)26-14-18(13-23)27-19/h5-6,8-11,15,21,28H,7,12-14,16-17H2,1-4H3,(H,26,29);7-8,10-13,15,21H,6,9,14,16-17H2,1-5H3,(H,26,28);5-6,8-11,13,19,24H,7,12,14-15H2,1-4H3,(H,25,26);5-6,8-11,13,19H,7,12,14-15H2,1-4H3,(H,24,25);4-5,7-10,12,18H,6,11,13-14,23H2,1-3H3,(H,24,25)/t;;;19-;18-/m...11/s1. The summed E-state index contributed by atoms with van der Waals surface area (Å²) in [6, 6.07) is 70.5. The number of hydrogen-bond acceptors (Lipinski definition) is 21. The molecule has 774 valence electrons. The summed E-state index contributed by atoms with van der Waals surface area (Å²) in [5.41, 5.74) is 25.1. The Bertz CT molecular complexity index is 5640. The fraction of sp³-hybridized carbons (Fsp3) is 0.449. The number of rotatable bonds is 32. The average Bonchev–Trinajstić information content (AvgIpc) is 0.805. The largest absolute Gasteiger partial charge is 0.486 e. The summed E-state index contributed by atoms with van der Waals surface area (Å²) in [5.74, 6) is 4.92. The predicted molar refractivity (Wildman–Crippen MR) is 578 cm³/mol. The smallest absolute Gasteiger partial charge is 0.224 e. The molecule has 26 heteroatoms. The first kappa shape index (κ1) is 112. The fourth-order valence-electron chi connectivity index (χ4n) is 16.8. The van der Waals surface area contributed by atoms with Crippen LogP contribution in [-0.2, 0) is 102 Å². The molecule has 0 aromatic heterocycles. The van der Waals surface area contributed by atoms with Gasteiger partial charge in [-0.15, -0.1) is 0 Å². The van der Waals surface area contributed by atoms with E-state index in [0.29, 0.717) is 152 Å². The van der Waals surface area contributed by atoms with Crippen LogP contribution >= 0.6 is 0 Å². The van der Waals surface area contributed by atoms with Gasteiger partial charge >= 0.3 is 0 Å². The van der Waals surface area contributed by atoms with Crippen molar-refractivity contribution in [3.05, 3.63) is 268 Å². The molecule has 0 spiro atoms. The molecule has 5 aliphatic rings. The average molecular weight is 1970 g/mol. The number of aliphatic hydroxyl groups excluding tert-OH is 1. The molecular weight excluding hydrogens is 1820 g/mol. The number of hydrogen-bond donors (Lipinski definition) is 8. The Balaban J connectivity index is 0.000000172. The predicted octanol–water partition coefficient (Wildman–Crippen LogP) is 20.9. The van der Waals surface area contributed by atoms with Crippen LogP contribution in [0.15, 0.2) is 212 Å². The van der Waals surface area contributed by atoms with Crippen LogP contribution in [0.3, 0.4) is 0 Å². The van der Waals surface area contributed by atoms with Gasteiger partial charge in [-0.3, -0.25) is 24.0 Å². The molecule has 3 unspecified atom stereocenters. The molecule has 0 fully saturated rings. The number of ether oxygens (including phenoxy) is 11. The van der Waals surface area contributed by atoms with Crippen LogP contribution in [0.2, 0.25) is 0 Å². The Morgan fingerprint density at radius 3 is 0.931 bits per heavy atom.